The average Bonchev–Trinajstić information content (AvgIpc) is 2.30. The summed E-state index contributed by atoms with van der Waals surface area (Å²) in [5.74, 6) is 7.34. The maximum atomic E-state index is 4.18. The molecule has 0 bridgehead atoms. The van der Waals surface area contributed by atoms with E-state index in [0.717, 1.165) is 25.0 Å². The van der Waals surface area contributed by atoms with Crippen molar-refractivity contribution in [3.05, 3.63) is 34.4 Å². The molecule has 0 atom stereocenters. The SMILES string of the molecule is CCc1cc(C)cc(CC)c1C#CCCS. The summed E-state index contributed by atoms with van der Waals surface area (Å²) in [4.78, 5) is 0. The summed E-state index contributed by atoms with van der Waals surface area (Å²) in [6.45, 7) is 6.54. The molecule has 0 saturated carbocycles. The van der Waals surface area contributed by atoms with Crippen molar-refractivity contribution in [2.24, 2.45) is 0 Å². The zero-order chi connectivity index (χ0) is 12.0. The Morgan fingerprint density at radius 2 is 1.69 bits per heavy atom. The van der Waals surface area contributed by atoms with Gasteiger partial charge in [0.1, 0.15) is 0 Å². The molecule has 1 rings (SSSR count). The van der Waals surface area contributed by atoms with E-state index >= 15 is 0 Å². The Labute approximate surface area is 105 Å². The van der Waals surface area contributed by atoms with Gasteiger partial charge in [0.25, 0.3) is 0 Å². The highest BCUT2D eigenvalue weighted by atomic mass is 32.1. The fraction of sp³-hybridized carbons (Fsp3) is 0.467. The predicted molar refractivity (Wildman–Crippen MR) is 75.3 cm³/mol. The molecule has 0 N–H and O–H groups in total. The maximum Gasteiger partial charge on any atom is 0.0309 e. The smallest absolute Gasteiger partial charge is 0.0309 e. The fourth-order valence-corrected chi connectivity index (χ4v) is 1.98. The van der Waals surface area contributed by atoms with Crippen LogP contribution in [0.2, 0.25) is 0 Å². The lowest BCUT2D eigenvalue weighted by Gasteiger charge is -2.09. The molecule has 1 aromatic carbocycles. The largest absolute Gasteiger partial charge is 0.178 e. The van der Waals surface area contributed by atoms with Gasteiger partial charge in [-0.25, -0.2) is 0 Å². The average molecular weight is 232 g/mol. The Hall–Kier alpha value is -0.870. The van der Waals surface area contributed by atoms with E-state index in [1.807, 2.05) is 0 Å². The van der Waals surface area contributed by atoms with E-state index in [4.69, 9.17) is 0 Å². The number of hydrogen-bond donors (Lipinski definition) is 1. The minimum atomic E-state index is 0.835. The van der Waals surface area contributed by atoms with Crippen LogP contribution in [0, 0.1) is 18.8 Å². The van der Waals surface area contributed by atoms with Crippen LogP contribution >= 0.6 is 12.6 Å². The van der Waals surface area contributed by atoms with Gasteiger partial charge in [-0.15, -0.1) is 0 Å². The number of thiol groups is 1. The van der Waals surface area contributed by atoms with Crippen molar-refractivity contribution < 1.29 is 0 Å². The first-order chi connectivity index (χ1) is 7.72. The van der Waals surface area contributed by atoms with Gasteiger partial charge in [0.2, 0.25) is 0 Å². The molecule has 16 heavy (non-hydrogen) atoms. The molecule has 86 valence electrons. The van der Waals surface area contributed by atoms with Crippen LogP contribution in [-0.2, 0) is 12.8 Å². The van der Waals surface area contributed by atoms with Gasteiger partial charge < -0.3 is 0 Å². The van der Waals surface area contributed by atoms with Crippen molar-refractivity contribution in [1.29, 1.82) is 0 Å². The van der Waals surface area contributed by atoms with E-state index in [1.165, 1.54) is 22.3 Å². The third-order valence-corrected chi connectivity index (χ3v) is 2.88. The molecule has 0 nitrogen and oxygen atoms in total. The van der Waals surface area contributed by atoms with Crippen LogP contribution in [-0.4, -0.2) is 5.75 Å². The van der Waals surface area contributed by atoms with Crippen LogP contribution in [0.1, 0.15) is 42.5 Å². The minimum absolute atomic E-state index is 0.835. The molecule has 0 saturated heterocycles. The van der Waals surface area contributed by atoms with Gasteiger partial charge in [-0.1, -0.05) is 43.4 Å². The monoisotopic (exact) mass is 232 g/mol. The molecule has 0 fully saturated rings. The van der Waals surface area contributed by atoms with E-state index in [-0.39, 0.29) is 0 Å². The number of aryl methyl sites for hydroxylation is 3. The molecule has 0 amide bonds. The quantitative estimate of drug-likeness (QED) is 0.595. The van der Waals surface area contributed by atoms with Crippen LogP contribution in [0.15, 0.2) is 12.1 Å². The summed E-state index contributed by atoms with van der Waals surface area (Å²) in [6.07, 6.45) is 2.97. The molecular formula is C15H20S. The molecule has 0 heterocycles. The van der Waals surface area contributed by atoms with Crippen molar-refractivity contribution >= 4 is 12.6 Å². The first kappa shape index (κ1) is 13.2. The van der Waals surface area contributed by atoms with Crippen LogP contribution in [0.25, 0.3) is 0 Å². The van der Waals surface area contributed by atoms with E-state index in [2.05, 4.69) is 57.4 Å². The van der Waals surface area contributed by atoms with Crippen molar-refractivity contribution in [1.82, 2.24) is 0 Å². The Morgan fingerprint density at radius 1 is 1.12 bits per heavy atom. The van der Waals surface area contributed by atoms with E-state index in [0.29, 0.717) is 0 Å². The highest BCUT2D eigenvalue weighted by Crippen LogP contribution is 2.18. The second-order valence-corrected chi connectivity index (χ2v) is 4.39. The Kier molecular flexibility index (Phi) is 5.49. The topological polar surface area (TPSA) is 0 Å². The molecule has 0 aromatic heterocycles. The molecule has 0 radical (unpaired) electrons. The Morgan fingerprint density at radius 3 is 2.12 bits per heavy atom. The van der Waals surface area contributed by atoms with E-state index in [1.54, 1.807) is 0 Å². The second-order valence-electron chi connectivity index (χ2n) is 3.94. The molecule has 0 aliphatic carbocycles. The van der Waals surface area contributed by atoms with Crippen LogP contribution in [0.4, 0.5) is 0 Å². The summed E-state index contributed by atoms with van der Waals surface area (Å²) in [7, 11) is 0. The van der Waals surface area contributed by atoms with Gasteiger partial charge in [-0.05, 0) is 30.9 Å². The van der Waals surface area contributed by atoms with Crippen molar-refractivity contribution in [2.45, 2.75) is 40.0 Å². The van der Waals surface area contributed by atoms with Gasteiger partial charge in [-0.3, -0.25) is 0 Å². The predicted octanol–water partition coefficient (Wildman–Crippen LogP) is 3.79. The van der Waals surface area contributed by atoms with Crippen LogP contribution in [0.3, 0.4) is 0 Å². The highest BCUT2D eigenvalue weighted by molar-refractivity contribution is 7.80. The van der Waals surface area contributed by atoms with Gasteiger partial charge in [-0.2, -0.15) is 12.6 Å². The van der Waals surface area contributed by atoms with Crippen molar-refractivity contribution in [3.8, 4) is 11.8 Å². The lowest BCUT2D eigenvalue weighted by molar-refractivity contribution is 1.06. The normalized spacial score (nSPS) is 9.75. The molecular weight excluding hydrogens is 212 g/mol. The number of hydrogen-bond acceptors (Lipinski definition) is 1. The number of rotatable bonds is 3. The fourth-order valence-electron chi connectivity index (χ4n) is 1.87. The Bertz CT molecular complexity index is 382. The Balaban J connectivity index is 3.18. The van der Waals surface area contributed by atoms with Gasteiger partial charge >= 0.3 is 0 Å². The molecule has 0 aliphatic heterocycles. The molecule has 1 aromatic rings. The molecule has 1 heteroatoms. The lowest BCUT2D eigenvalue weighted by Crippen LogP contribution is -1.96. The summed E-state index contributed by atoms with van der Waals surface area (Å²) >= 11 is 4.18. The minimum Gasteiger partial charge on any atom is -0.178 e. The van der Waals surface area contributed by atoms with E-state index < -0.39 is 0 Å². The van der Waals surface area contributed by atoms with E-state index in [9.17, 15) is 0 Å². The summed E-state index contributed by atoms with van der Waals surface area (Å²) in [5.41, 5.74) is 5.35. The van der Waals surface area contributed by atoms with Crippen molar-refractivity contribution in [2.75, 3.05) is 5.75 Å². The van der Waals surface area contributed by atoms with Gasteiger partial charge in [0, 0.05) is 17.7 Å². The molecule has 0 unspecified atom stereocenters. The summed E-state index contributed by atoms with van der Waals surface area (Å²) in [6, 6.07) is 4.51. The standard InChI is InChI=1S/C15H20S/c1-4-13-10-12(3)11-14(5-2)15(13)8-6-7-9-16/h10-11,16H,4-5,7,9H2,1-3H3. The van der Waals surface area contributed by atoms with Gasteiger partial charge in [0.15, 0.2) is 0 Å². The van der Waals surface area contributed by atoms with Crippen LogP contribution in [0.5, 0.6) is 0 Å². The molecule has 0 aliphatic rings. The lowest BCUT2D eigenvalue weighted by atomic mass is 9.95. The first-order valence-corrected chi connectivity index (χ1v) is 6.58. The third kappa shape index (κ3) is 3.32. The number of benzene rings is 1. The zero-order valence-electron chi connectivity index (χ0n) is 10.4. The highest BCUT2D eigenvalue weighted by Gasteiger charge is 2.04. The molecule has 0 spiro atoms. The van der Waals surface area contributed by atoms with Crippen LogP contribution < -0.4 is 0 Å². The summed E-state index contributed by atoms with van der Waals surface area (Å²) < 4.78 is 0. The van der Waals surface area contributed by atoms with Gasteiger partial charge in [0.05, 0.1) is 0 Å². The van der Waals surface area contributed by atoms with Crippen molar-refractivity contribution in [3.63, 3.8) is 0 Å². The summed E-state index contributed by atoms with van der Waals surface area (Å²) in [5, 5.41) is 0. The third-order valence-electron chi connectivity index (χ3n) is 2.66. The first-order valence-electron chi connectivity index (χ1n) is 5.95. The zero-order valence-corrected chi connectivity index (χ0v) is 11.3. The second kappa shape index (κ2) is 6.66. The maximum absolute atomic E-state index is 4.18.